The van der Waals surface area contributed by atoms with Gasteiger partial charge in [0.2, 0.25) is 10.0 Å². The Morgan fingerprint density at radius 2 is 1.88 bits per heavy atom. The van der Waals surface area contributed by atoms with E-state index in [1.54, 1.807) is 24.3 Å². The van der Waals surface area contributed by atoms with Crippen LogP contribution in [0.1, 0.15) is 10.4 Å². The monoisotopic (exact) mass is 362 g/mol. The van der Waals surface area contributed by atoms with Crippen LogP contribution in [0.2, 0.25) is 0 Å². The summed E-state index contributed by atoms with van der Waals surface area (Å²) in [5.74, 6) is -0.294. The van der Waals surface area contributed by atoms with Gasteiger partial charge in [-0.2, -0.15) is 0 Å². The third-order valence-electron chi connectivity index (χ3n) is 3.30. The second kappa shape index (κ2) is 6.27. The van der Waals surface area contributed by atoms with Crippen LogP contribution >= 0.6 is 11.3 Å². The van der Waals surface area contributed by atoms with Crippen molar-refractivity contribution in [1.82, 2.24) is 14.3 Å². The molecule has 1 amide bonds. The number of carbonyl (C=O) groups is 1. The second-order valence-corrected chi connectivity index (χ2v) is 8.31. The van der Waals surface area contributed by atoms with Gasteiger partial charge in [0.15, 0.2) is 5.13 Å². The fourth-order valence-electron chi connectivity index (χ4n) is 2.00. The zero-order valence-corrected chi connectivity index (χ0v) is 14.6. The van der Waals surface area contributed by atoms with Gasteiger partial charge in [0.25, 0.3) is 5.91 Å². The molecule has 0 spiro atoms. The first-order valence-electron chi connectivity index (χ1n) is 6.92. The van der Waals surface area contributed by atoms with E-state index >= 15 is 0 Å². The maximum absolute atomic E-state index is 12.2. The fourth-order valence-corrected chi connectivity index (χ4v) is 3.91. The molecule has 0 unspecified atom stereocenters. The lowest BCUT2D eigenvalue weighted by Gasteiger charge is -2.10. The van der Waals surface area contributed by atoms with E-state index in [4.69, 9.17) is 0 Å². The first-order valence-corrected chi connectivity index (χ1v) is 9.18. The molecule has 1 N–H and O–H groups in total. The van der Waals surface area contributed by atoms with Gasteiger partial charge in [-0.3, -0.25) is 15.1 Å². The fraction of sp³-hybridized carbons (Fsp3) is 0.133. The Balaban J connectivity index is 1.91. The Kier molecular flexibility index (Phi) is 4.31. The molecule has 3 aromatic rings. The number of amides is 1. The lowest BCUT2D eigenvalue weighted by atomic mass is 10.2. The molecule has 0 saturated carbocycles. The highest BCUT2D eigenvalue weighted by atomic mass is 32.2. The average molecular weight is 362 g/mol. The van der Waals surface area contributed by atoms with Crippen molar-refractivity contribution >= 4 is 42.6 Å². The van der Waals surface area contributed by atoms with Crippen molar-refractivity contribution in [3.8, 4) is 0 Å². The molecule has 2 heterocycles. The number of pyridine rings is 1. The number of benzene rings is 1. The third kappa shape index (κ3) is 3.14. The topological polar surface area (TPSA) is 92.3 Å². The number of fused-ring (bicyclic) bond motifs is 1. The standard InChI is InChI=1S/C15H14N4O3S2/c1-19(2)24(21,22)11-3-4-12-13(9-11)23-15(17-12)18-14(20)10-5-7-16-8-6-10/h3-9H,1-2H3,(H,17,18,20). The number of rotatable bonds is 4. The van der Waals surface area contributed by atoms with Gasteiger partial charge < -0.3 is 0 Å². The van der Waals surface area contributed by atoms with E-state index < -0.39 is 10.0 Å². The summed E-state index contributed by atoms with van der Waals surface area (Å²) in [4.78, 5) is 20.5. The van der Waals surface area contributed by atoms with E-state index in [0.29, 0.717) is 20.9 Å². The molecule has 0 atom stereocenters. The van der Waals surface area contributed by atoms with E-state index in [0.717, 1.165) is 4.31 Å². The average Bonchev–Trinajstić information content (AvgIpc) is 2.96. The number of carbonyl (C=O) groups excluding carboxylic acids is 1. The van der Waals surface area contributed by atoms with Crippen LogP contribution in [-0.2, 0) is 10.0 Å². The molecule has 7 nitrogen and oxygen atoms in total. The molecule has 124 valence electrons. The summed E-state index contributed by atoms with van der Waals surface area (Å²) in [7, 11) is -0.550. The smallest absolute Gasteiger partial charge is 0.257 e. The molecule has 0 aliphatic carbocycles. The number of nitrogens with zero attached hydrogens (tertiary/aromatic N) is 3. The quantitative estimate of drug-likeness (QED) is 0.768. The summed E-state index contributed by atoms with van der Waals surface area (Å²) < 4.78 is 26.2. The molecule has 1 aromatic carbocycles. The van der Waals surface area contributed by atoms with Gasteiger partial charge in [-0.05, 0) is 30.3 Å². The molecule has 0 bridgehead atoms. The Bertz CT molecular complexity index is 998. The maximum atomic E-state index is 12.2. The van der Waals surface area contributed by atoms with Crippen molar-refractivity contribution in [2.75, 3.05) is 19.4 Å². The minimum Gasteiger partial charge on any atom is -0.298 e. The highest BCUT2D eigenvalue weighted by Gasteiger charge is 2.18. The molecule has 0 aliphatic rings. The van der Waals surface area contributed by atoms with Crippen LogP contribution in [0.4, 0.5) is 5.13 Å². The summed E-state index contributed by atoms with van der Waals surface area (Å²) in [6.07, 6.45) is 3.07. The van der Waals surface area contributed by atoms with Crippen LogP contribution in [-0.4, -0.2) is 42.7 Å². The van der Waals surface area contributed by atoms with Crippen LogP contribution in [0.15, 0.2) is 47.6 Å². The second-order valence-electron chi connectivity index (χ2n) is 5.13. The van der Waals surface area contributed by atoms with Crippen LogP contribution in [0.5, 0.6) is 0 Å². The van der Waals surface area contributed by atoms with Crippen LogP contribution in [0, 0.1) is 0 Å². The Morgan fingerprint density at radius 3 is 2.54 bits per heavy atom. The van der Waals surface area contributed by atoms with Crippen molar-refractivity contribution in [2.45, 2.75) is 4.90 Å². The molecule has 24 heavy (non-hydrogen) atoms. The molecule has 0 radical (unpaired) electrons. The zero-order valence-electron chi connectivity index (χ0n) is 12.9. The van der Waals surface area contributed by atoms with Gasteiger partial charge in [-0.1, -0.05) is 11.3 Å². The summed E-state index contributed by atoms with van der Waals surface area (Å²) in [5.41, 5.74) is 1.10. The summed E-state index contributed by atoms with van der Waals surface area (Å²) in [5, 5.41) is 3.12. The molecule has 2 aromatic heterocycles. The third-order valence-corrected chi connectivity index (χ3v) is 6.05. The summed E-state index contributed by atoms with van der Waals surface area (Å²) >= 11 is 1.22. The van der Waals surface area contributed by atoms with E-state index in [-0.39, 0.29) is 10.8 Å². The maximum Gasteiger partial charge on any atom is 0.257 e. The van der Waals surface area contributed by atoms with E-state index in [2.05, 4.69) is 15.3 Å². The van der Waals surface area contributed by atoms with Crippen LogP contribution in [0.25, 0.3) is 10.2 Å². The van der Waals surface area contributed by atoms with Crippen LogP contribution < -0.4 is 5.32 Å². The Labute approximate surface area is 143 Å². The molecular weight excluding hydrogens is 348 g/mol. The van der Waals surface area contributed by atoms with Crippen LogP contribution in [0.3, 0.4) is 0 Å². The van der Waals surface area contributed by atoms with Gasteiger partial charge in [0, 0.05) is 32.1 Å². The summed E-state index contributed by atoms with van der Waals surface area (Å²) in [6, 6.07) is 7.90. The molecule has 0 aliphatic heterocycles. The predicted octanol–water partition coefficient (Wildman–Crippen LogP) is 2.19. The molecular formula is C15H14N4O3S2. The molecule has 0 fully saturated rings. The molecule has 9 heteroatoms. The first kappa shape index (κ1) is 16.5. The van der Waals surface area contributed by atoms with Gasteiger partial charge in [0.1, 0.15) is 0 Å². The predicted molar refractivity (Wildman–Crippen MR) is 92.7 cm³/mol. The van der Waals surface area contributed by atoms with E-state index in [9.17, 15) is 13.2 Å². The van der Waals surface area contributed by atoms with E-state index in [1.807, 2.05) is 0 Å². The number of anilines is 1. The number of aromatic nitrogens is 2. The van der Waals surface area contributed by atoms with Gasteiger partial charge >= 0.3 is 0 Å². The number of nitrogens with one attached hydrogen (secondary N) is 1. The number of hydrogen-bond acceptors (Lipinski definition) is 6. The first-order chi connectivity index (χ1) is 11.4. The molecule has 0 saturated heterocycles. The zero-order chi connectivity index (χ0) is 17.3. The van der Waals surface area contributed by atoms with E-state index in [1.165, 1.54) is 43.9 Å². The highest BCUT2D eigenvalue weighted by Crippen LogP contribution is 2.29. The lowest BCUT2D eigenvalue weighted by molar-refractivity contribution is 0.102. The largest absolute Gasteiger partial charge is 0.298 e. The normalized spacial score (nSPS) is 11.8. The van der Waals surface area contributed by atoms with Crippen molar-refractivity contribution in [2.24, 2.45) is 0 Å². The van der Waals surface area contributed by atoms with Gasteiger partial charge in [-0.25, -0.2) is 17.7 Å². The van der Waals surface area contributed by atoms with Gasteiger partial charge in [0.05, 0.1) is 15.1 Å². The Hall–Kier alpha value is -2.36. The molecule has 3 rings (SSSR count). The van der Waals surface area contributed by atoms with Crippen molar-refractivity contribution in [3.63, 3.8) is 0 Å². The minimum absolute atomic E-state index is 0.190. The Morgan fingerprint density at radius 1 is 1.17 bits per heavy atom. The summed E-state index contributed by atoms with van der Waals surface area (Å²) in [6.45, 7) is 0. The minimum atomic E-state index is -3.51. The van der Waals surface area contributed by atoms with Gasteiger partial charge in [-0.15, -0.1) is 0 Å². The number of thiazole rings is 1. The van der Waals surface area contributed by atoms with Crippen molar-refractivity contribution in [3.05, 3.63) is 48.3 Å². The number of sulfonamides is 1. The van der Waals surface area contributed by atoms with Crippen molar-refractivity contribution < 1.29 is 13.2 Å². The van der Waals surface area contributed by atoms with Crippen molar-refractivity contribution in [1.29, 1.82) is 0 Å². The SMILES string of the molecule is CN(C)S(=O)(=O)c1ccc2nc(NC(=O)c3ccncc3)sc2c1. The highest BCUT2D eigenvalue weighted by molar-refractivity contribution is 7.89. The lowest BCUT2D eigenvalue weighted by Crippen LogP contribution is -2.22. The number of hydrogen-bond donors (Lipinski definition) is 1.